The predicted molar refractivity (Wildman–Crippen MR) is 125 cm³/mol. The van der Waals surface area contributed by atoms with Crippen molar-refractivity contribution in [1.29, 1.82) is 5.41 Å². The molecule has 1 aromatic carbocycles. The van der Waals surface area contributed by atoms with Crippen LogP contribution in [0.1, 0.15) is 44.9 Å². The minimum Gasteiger partial charge on any atom is -0.398 e. The molecule has 0 saturated carbocycles. The summed E-state index contributed by atoms with van der Waals surface area (Å²) >= 11 is 0. The SMILES string of the molecule is C[C@@H]1CN(C(=N)c2cnc(NC(=O)NC(c3ccc(F)cc3)C(C)(C)O)cc2N)C[C@H](C)O1. The number of pyridine rings is 1. The Kier molecular flexibility index (Phi) is 7.19. The second-order valence-electron chi connectivity index (χ2n) is 8.90. The van der Waals surface area contributed by atoms with Gasteiger partial charge in [-0.05, 0) is 45.4 Å². The van der Waals surface area contributed by atoms with Crippen molar-refractivity contribution in [2.45, 2.75) is 51.5 Å². The summed E-state index contributed by atoms with van der Waals surface area (Å²) < 4.78 is 19.0. The molecule has 1 aliphatic rings. The number of morpholine rings is 1. The number of hydrogen-bond donors (Lipinski definition) is 5. The summed E-state index contributed by atoms with van der Waals surface area (Å²) in [6.07, 6.45) is 1.45. The molecule has 0 bridgehead atoms. The van der Waals surface area contributed by atoms with E-state index in [4.69, 9.17) is 15.9 Å². The van der Waals surface area contributed by atoms with Gasteiger partial charge in [-0.25, -0.2) is 14.2 Å². The van der Waals surface area contributed by atoms with E-state index in [-0.39, 0.29) is 23.9 Å². The quantitative estimate of drug-likeness (QED) is 0.345. The lowest BCUT2D eigenvalue weighted by Crippen LogP contribution is -2.48. The van der Waals surface area contributed by atoms with Gasteiger partial charge >= 0.3 is 6.03 Å². The molecule has 10 heteroatoms. The normalized spacial score (nSPS) is 19.6. The highest BCUT2D eigenvalue weighted by molar-refractivity contribution is 6.01. The number of amidine groups is 1. The number of rotatable bonds is 5. The molecule has 2 aromatic rings. The first-order valence-corrected chi connectivity index (χ1v) is 10.7. The van der Waals surface area contributed by atoms with Gasteiger partial charge in [-0.15, -0.1) is 0 Å². The number of nitrogen functional groups attached to an aromatic ring is 1. The molecule has 0 spiro atoms. The van der Waals surface area contributed by atoms with Gasteiger partial charge in [0, 0.05) is 31.0 Å². The fraction of sp³-hybridized carbons (Fsp3) is 0.435. The van der Waals surface area contributed by atoms with Crippen LogP contribution in [0, 0.1) is 11.2 Å². The van der Waals surface area contributed by atoms with Gasteiger partial charge in [0.05, 0.1) is 29.4 Å². The van der Waals surface area contributed by atoms with Crippen LogP contribution in [0.25, 0.3) is 0 Å². The monoisotopic (exact) mass is 458 g/mol. The highest BCUT2D eigenvalue weighted by Gasteiger charge is 2.30. The predicted octanol–water partition coefficient (Wildman–Crippen LogP) is 2.87. The van der Waals surface area contributed by atoms with Gasteiger partial charge in [-0.2, -0.15) is 0 Å². The molecule has 0 aliphatic carbocycles. The zero-order valence-electron chi connectivity index (χ0n) is 19.2. The van der Waals surface area contributed by atoms with Crippen molar-refractivity contribution in [3.63, 3.8) is 0 Å². The van der Waals surface area contributed by atoms with E-state index in [1.165, 1.54) is 36.5 Å². The average molecular weight is 459 g/mol. The molecule has 9 nitrogen and oxygen atoms in total. The van der Waals surface area contributed by atoms with Crippen molar-refractivity contribution >= 4 is 23.4 Å². The minimum absolute atomic E-state index is 0.00209. The molecule has 1 aliphatic heterocycles. The van der Waals surface area contributed by atoms with Gasteiger partial charge in [-0.3, -0.25) is 10.7 Å². The summed E-state index contributed by atoms with van der Waals surface area (Å²) in [5, 5.41) is 24.3. The van der Waals surface area contributed by atoms with Crippen LogP contribution in [0.15, 0.2) is 36.5 Å². The Labute approximate surface area is 192 Å². The number of hydrogen-bond acceptors (Lipinski definition) is 6. The van der Waals surface area contributed by atoms with Gasteiger partial charge in [0.15, 0.2) is 0 Å². The van der Waals surface area contributed by atoms with Crippen LogP contribution >= 0.6 is 0 Å². The first-order chi connectivity index (χ1) is 15.4. The number of urea groups is 1. The molecule has 1 unspecified atom stereocenters. The lowest BCUT2D eigenvalue weighted by atomic mass is 9.92. The largest absolute Gasteiger partial charge is 0.398 e. The van der Waals surface area contributed by atoms with E-state index in [1.54, 1.807) is 13.8 Å². The van der Waals surface area contributed by atoms with E-state index in [9.17, 15) is 14.3 Å². The Hall–Kier alpha value is -3.24. The number of benzene rings is 1. The van der Waals surface area contributed by atoms with Gasteiger partial charge in [0.25, 0.3) is 0 Å². The molecule has 6 N–H and O–H groups in total. The van der Waals surface area contributed by atoms with Crippen molar-refractivity contribution < 1.29 is 19.0 Å². The van der Waals surface area contributed by atoms with E-state index in [0.717, 1.165) is 0 Å². The van der Waals surface area contributed by atoms with Crippen LogP contribution in [-0.4, -0.2) is 57.8 Å². The van der Waals surface area contributed by atoms with Crippen LogP contribution < -0.4 is 16.4 Å². The van der Waals surface area contributed by atoms with E-state index < -0.39 is 23.5 Å². The molecule has 2 heterocycles. The Morgan fingerprint density at radius 2 is 1.91 bits per heavy atom. The zero-order valence-corrected chi connectivity index (χ0v) is 19.2. The molecular weight excluding hydrogens is 427 g/mol. The third-order valence-electron chi connectivity index (χ3n) is 5.35. The molecule has 2 amide bonds. The van der Waals surface area contributed by atoms with Crippen molar-refractivity contribution in [3.05, 3.63) is 53.5 Å². The third kappa shape index (κ3) is 6.17. The van der Waals surface area contributed by atoms with E-state index in [1.807, 2.05) is 18.7 Å². The first kappa shape index (κ1) is 24.4. The molecule has 33 heavy (non-hydrogen) atoms. The number of carbonyl (C=O) groups is 1. The highest BCUT2D eigenvalue weighted by atomic mass is 19.1. The second-order valence-corrected chi connectivity index (χ2v) is 8.90. The van der Waals surface area contributed by atoms with Crippen molar-refractivity contribution in [3.8, 4) is 0 Å². The molecule has 1 aromatic heterocycles. The lowest BCUT2D eigenvalue weighted by molar-refractivity contribution is -0.0480. The van der Waals surface area contributed by atoms with E-state index in [0.29, 0.717) is 29.9 Å². The summed E-state index contributed by atoms with van der Waals surface area (Å²) in [7, 11) is 0. The molecular formula is C23H31FN6O3. The molecule has 1 fully saturated rings. The summed E-state index contributed by atoms with van der Waals surface area (Å²) in [5.74, 6) is 0.0271. The van der Waals surface area contributed by atoms with Gasteiger partial charge < -0.3 is 25.8 Å². The number of ether oxygens (including phenoxy) is 1. The number of amides is 2. The number of carbonyl (C=O) groups excluding carboxylic acids is 1. The molecule has 0 radical (unpaired) electrons. The van der Waals surface area contributed by atoms with Crippen LogP contribution in [-0.2, 0) is 4.74 Å². The van der Waals surface area contributed by atoms with Crippen molar-refractivity contribution in [1.82, 2.24) is 15.2 Å². The summed E-state index contributed by atoms with van der Waals surface area (Å²) in [6, 6.07) is 5.60. The smallest absolute Gasteiger partial charge is 0.320 e. The number of nitrogens with one attached hydrogen (secondary N) is 3. The second kappa shape index (κ2) is 9.72. The van der Waals surface area contributed by atoms with E-state index in [2.05, 4.69) is 15.6 Å². The van der Waals surface area contributed by atoms with Gasteiger partial charge in [0.1, 0.15) is 17.5 Å². The Morgan fingerprint density at radius 1 is 1.30 bits per heavy atom. The summed E-state index contributed by atoms with van der Waals surface area (Å²) in [6.45, 7) is 8.15. The van der Waals surface area contributed by atoms with Crippen LogP contribution in [0.4, 0.5) is 20.7 Å². The van der Waals surface area contributed by atoms with Gasteiger partial charge in [0.2, 0.25) is 0 Å². The fourth-order valence-corrected chi connectivity index (χ4v) is 3.87. The minimum atomic E-state index is -1.31. The molecule has 3 rings (SSSR count). The number of nitrogens with two attached hydrogens (primary N) is 1. The Balaban J connectivity index is 1.70. The van der Waals surface area contributed by atoms with Gasteiger partial charge in [-0.1, -0.05) is 12.1 Å². The van der Waals surface area contributed by atoms with Crippen molar-refractivity contribution in [2.24, 2.45) is 0 Å². The highest BCUT2D eigenvalue weighted by Crippen LogP contribution is 2.26. The Bertz CT molecular complexity index is 998. The third-order valence-corrected chi connectivity index (χ3v) is 5.35. The number of halogens is 1. The number of nitrogens with zero attached hydrogens (tertiary/aromatic N) is 2. The van der Waals surface area contributed by atoms with Crippen LogP contribution in [0.2, 0.25) is 0 Å². The maximum absolute atomic E-state index is 13.3. The first-order valence-electron chi connectivity index (χ1n) is 10.7. The number of aromatic nitrogens is 1. The molecule has 3 atom stereocenters. The standard InChI is InChI=1S/C23H31FN6O3/c1-13-11-30(12-14(2)33-13)21(26)17-10-27-19(9-18(17)25)28-22(31)29-20(23(3,4)32)15-5-7-16(24)8-6-15/h5-10,13-14,20,26,32H,11-12H2,1-4H3,(H4,25,27,28,29,31)/t13-,14+,20?. The van der Waals surface area contributed by atoms with Crippen LogP contribution in [0.5, 0.6) is 0 Å². The topological polar surface area (TPSA) is 137 Å². The van der Waals surface area contributed by atoms with E-state index >= 15 is 0 Å². The maximum atomic E-state index is 13.3. The molecule has 1 saturated heterocycles. The number of anilines is 2. The zero-order chi connectivity index (χ0) is 24.3. The average Bonchev–Trinajstić information content (AvgIpc) is 2.71. The Morgan fingerprint density at radius 3 is 2.45 bits per heavy atom. The number of aliphatic hydroxyl groups is 1. The van der Waals surface area contributed by atoms with Crippen molar-refractivity contribution in [2.75, 3.05) is 24.1 Å². The fourth-order valence-electron chi connectivity index (χ4n) is 3.87. The summed E-state index contributed by atoms with van der Waals surface area (Å²) in [4.78, 5) is 18.7. The van der Waals surface area contributed by atoms with Crippen LogP contribution in [0.3, 0.4) is 0 Å². The summed E-state index contributed by atoms with van der Waals surface area (Å²) in [5.41, 5.74) is 6.16. The lowest BCUT2D eigenvalue weighted by Gasteiger charge is -2.37. The maximum Gasteiger partial charge on any atom is 0.320 e. The molecule has 178 valence electrons.